The van der Waals surface area contributed by atoms with Gasteiger partial charge in [0, 0.05) is 67.6 Å². The molecule has 1 aromatic heterocycles. The number of halogens is 3. The first kappa shape index (κ1) is 14.4. The van der Waals surface area contributed by atoms with Crippen LogP contribution in [0.2, 0.25) is 0 Å². The van der Waals surface area contributed by atoms with E-state index in [1.165, 1.54) is 24.3 Å². The molecule has 36 heavy (non-hydrogen) atoms. The zero-order valence-electron chi connectivity index (χ0n) is 30.2. The van der Waals surface area contributed by atoms with Crippen LogP contribution in [0.5, 0.6) is 0 Å². The number of rotatable bonds is 8. The monoisotopic (exact) mass is 513 g/mol. The highest BCUT2D eigenvalue weighted by Crippen LogP contribution is 2.29. The molecule has 0 aliphatic heterocycles. The SMILES string of the molecule is [2H]C([2H])([2H])N(c1nc(Cc2ccc(NC(=O)c3ccc(C(F)(F)F)cc3)cc2)nc(N(C([2H])([2H])[2H])C([2H])([2H])[2H])c1CC(=O)O)C([2H])([2H])[2H]. The molecular weight excluding hydrogens is 475 g/mol. The molecule has 0 unspecified atom stereocenters. The Morgan fingerprint density at radius 2 is 1.50 bits per heavy atom. The molecule has 0 bridgehead atoms. The Labute approximate surface area is 223 Å². The highest BCUT2D eigenvalue weighted by Gasteiger charge is 2.30. The molecule has 0 atom stereocenters. The zero-order chi connectivity index (χ0) is 36.6. The van der Waals surface area contributed by atoms with Crippen molar-refractivity contribution in [1.29, 1.82) is 0 Å². The molecule has 190 valence electrons. The van der Waals surface area contributed by atoms with Crippen LogP contribution in [-0.4, -0.2) is 54.9 Å². The quantitative estimate of drug-likeness (QED) is 0.468. The van der Waals surface area contributed by atoms with Crippen molar-refractivity contribution in [3.63, 3.8) is 0 Å². The molecular formula is C25H26F3N5O3. The molecule has 0 saturated heterocycles. The number of aliphatic carboxylic acids is 1. The topological polar surface area (TPSA) is 98.7 Å². The minimum atomic E-state index is -4.60. The molecule has 3 rings (SSSR count). The lowest BCUT2D eigenvalue weighted by Crippen LogP contribution is -2.22. The van der Waals surface area contributed by atoms with E-state index in [2.05, 4.69) is 15.3 Å². The number of carboxylic acids is 1. The van der Waals surface area contributed by atoms with Crippen molar-refractivity contribution in [3.8, 4) is 0 Å². The Balaban J connectivity index is 2.11. The predicted molar refractivity (Wildman–Crippen MR) is 131 cm³/mol. The third-order valence-electron chi connectivity index (χ3n) is 4.81. The van der Waals surface area contributed by atoms with E-state index >= 15 is 0 Å². The fourth-order valence-electron chi connectivity index (χ4n) is 3.17. The van der Waals surface area contributed by atoms with Gasteiger partial charge in [0.1, 0.15) is 17.5 Å². The summed E-state index contributed by atoms with van der Waals surface area (Å²) in [5, 5.41) is 12.0. The molecule has 0 spiro atoms. The second-order valence-electron chi connectivity index (χ2n) is 7.41. The van der Waals surface area contributed by atoms with Gasteiger partial charge >= 0.3 is 12.1 Å². The van der Waals surface area contributed by atoms with Crippen molar-refractivity contribution < 1.29 is 44.3 Å². The van der Waals surface area contributed by atoms with Gasteiger partial charge in [-0.1, -0.05) is 12.1 Å². The van der Waals surface area contributed by atoms with Crippen LogP contribution in [0.4, 0.5) is 30.5 Å². The van der Waals surface area contributed by atoms with Crippen molar-refractivity contribution >= 4 is 29.2 Å². The van der Waals surface area contributed by atoms with Gasteiger partial charge < -0.3 is 20.2 Å². The summed E-state index contributed by atoms with van der Waals surface area (Å²) in [6.07, 6.45) is -6.27. The summed E-state index contributed by atoms with van der Waals surface area (Å²) >= 11 is 0. The largest absolute Gasteiger partial charge is 0.481 e. The summed E-state index contributed by atoms with van der Waals surface area (Å²) in [7, 11) is 0. The molecule has 0 radical (unpaired) electrons. The van der Waals surface area contributed by atoms with Crippen LogP contribution in [0.1, 0.15) is 49.3 Å². The van der Waals surface area contributed by atoms with E-state index in [0.717, 1.165) is 24.3 Å². The smallest absolute Gasteiger partial charge is 0.416 e. The number of nitrogens with zero attached hydrogens (tertiary/aromatic N) is 4. The fourth-order valence-corrected chi connectivity index (χ4v) is 3.17. The van der Waals surface area contributed by atoms with Crippen molar-refractivity contribution in [2.75, 3.05) is 43.0 Å². The second-order valence-corrected chi connectivity index (χ2v) is 7.41. The van der Waals surface area contributed by atoms with E-state index in [1.807, 2.05) is 0 Å². The van der Waals surface area contributed by atoms with Crippen molar-refractivity contribution in [3.05, 3.63) is 76.6 Å². The van der Waals surface area contributed by atoms with Crippen molar-refractivity contribution in [2.24, 2.45) is 0 Å². The van der Waals surface area contributed by atoms with E-state index in [9.17, 15) is 27.9 Å². The number of alkyl halides is 3. The number of benzene rings is 2. The molecule has 0 saturated carbocycles. The lowest BCUT2D eigenvalue weighted by atomic mass is 10.1. The summed E-state index contributed by atoms with van der Waals surface area (Å²) in [5.74, 6) is -5.07. The van der Waals surface area contributed by atoms with Crippen molar-refractivity contribution in [2.45, 2.75) is 19.0 Å². The molecule has 11 heteroatoms. The van der Waals surface area contributed by atoms with Crippen LogP contribution in [-0.2, 0) is 23.8 Å². The number of nitrogens with one attached hydrogen (secondary N) is 1. The number of hydrogen-bond donors (Lipinski definition) is 2. The van der Waals surface area contributed by atoms with Crippen LogP contribution < -0.4 is 15.1 Å². The molecule has 2 aromatic carbocycles. The first-order chi connectivity index (χ1) is 21.7. The average Bonchev–Trinajstić information content (AvgIpc) is 2.88. The standard InChI is InChI=1S/C25H26F3N5O3/c1-32(2)22-19(14-21(34)35)23(33(3)4)31-20(30-22)13-15-5-11-18(12-6-15)29-24(36)16-7-9-17(10-8-16)25(26,27)28/h5-12H,13-14H2,1-4H3,(H,29,36)(H,34,35)/i1D3,2D3,3D3,4D3. The van der Waals surface area contributed by atoms with Gasteiger partial charge in [0.25, 0.3) is 5.91 Å². The lowest BCUT2D eigenvalue weighted by Gasteiger charge is -2.22. The van der Waals surface area contributed by atoms with Crippen molar-refractivity contribution in [1.82, 2.24) is 9.97 Å². The lowest BCUT2D eigenvalue weighted by molar-refractivity contribution is -0.138. The van der Waals surface area contributed by atoms with E-state index in [0.29, 0.717) is 0 Å². The molecule has 1 amide bonds. The van der Waals surface area contributed by atoms with Crippen LogP contribution in [0.15, 0.2) is 48.5 Å². The number of carbonyl (C=O) groups is 2. The van der Waals surface area contributed by atoms with Gasteiger partial charge in [-0.05, 0) is 42.0 Å². The van der Waals surface area contributed by atoms with Gasteiger partial charge in [-0.25, -0.2) is 9.97 Å². The predicted octanol–water partition coefficient (Wildman–Crippen LogP) is 4.10. The van der Waals surface area contributed by atoms with Crippen LogP contribution in [0, 0.1) is 0 Å². The fraction of sp³-hybridized carbons (Fsp3) is 0.280. The van der Waals surface area contributed by atoms with Gasteiger partial charge in [-0.3, -0.25) is 9.59 Å². The highest BCUT2D eigenvalue weighted by molar-refractivity contribution is 6.04. The number of carboxylic acid groups (broad SMARTS) is 1. The second kappa shape index (κ2) is 10.6. The number of hydrogen-bond acceptors (Lipinski definition) is 6. The molecule has 0 fully saturated rings. The van der Waals surface area contributed by atoms with Gasteiger partial charge in [0.05, 0.1) is 12.0 Å². The Bertz CT molecular complexity index is 1560. The van der Waals surface area contributed by atoms with E-state index in [4.69, 9.17) is 16.4 Å². The van der Waals surface area contributed by atoms with E-state index in [-0.39, 0.29) is 26.6 Å². The van der Waals surface area contributed by atoms with E-state index < -0.39 is 87.4 Å². The molecule has 3 aromatic rings. The van der Waals surface area contributed by atoms with Gasteiger partial charge in [0.15, 0.2) is 0 Å². The number of anilines is 3. The Kier molecular flexibility index (Phi) is 4.26. The molecule has 1 heterocycles. The molecule has 0 aliphatic rings. The molecule has 2 N–H and O–H groups in total. The Morgan fingerprint density at radius 1 is 0.944 bits per heavy atom. The van der Waals surface area contributed by atoms with Gasteiger partial charge in [-0.15, -0.1) is 0 Å². The Hall–Kier alpha value is -4.15. The molecule has 8 nitrogen and oxygen atoms in total. The van der Waals surface area contributed by atoms with Crippen LogP contribution in [0.3, 0.4) is 0 Å². The minimum absolute atomic E-state index is 0.0804. The number of amides is 1. The summed E-state index contributed by atoms with van der Waals surface area (Å²) < 4.78 is 132. The normalized spacial score (nSPS) is 17.5. The van der Waals surface area contributed by atoms with E-state index in [1.54, 1.807) is 0 Å². The van der Waals surface area contributed by atoms with Crippen LogP contribution >= 0.6 is 0 Å². The number of aromatic nitrogens is 2. The third-order valence-corrected chi connectivity index (χ3v) is 4.81. The maximum Gasteiger partial charge on any atom is 0.416 e. The van der Waals surface area contributed by atoms with Gasteiger partial charge in [-0.2, -0.15) is 13.2 Å². The summed E-state index contributed by atoms with van der Waals surface area (Å²) in [6.45, 7) is -14.1. The summed E-state index contributed by atoms with van der Waals surface area (Å²) in [6, 6.07) is 8.91. The first-order valence-electron chi connectivity index (χ1n) is 16.0. The third kappa shape index (κ3) is 6.49. The maximum absolute atomic E-state index is 12.8. The molecule has 0 aliphatic carbocycles. The Morgan fingerprint density at radius 3 is 1.97 bits per heavy atom. The minimum Gasteiger partial charge on any atom is -0.481 e. The average molecular weight is 514 g/mol. The highest BCUT2D eigenvalue weighted by atomic mass is 19.4. The summed E-state index contributed by atoms with van der Waals surface area (Å²) in [5.41, 5.74) is -1.46. The zero-order valence-corrected chi connectivity index (χ0v) is 18.2. The summed E-state index contributed by atoms with van der Waals surface area (Å²) in [4.78, 5) is 31.9. The van der Waals surface area contributed by atoms with Crippen LogP contribution in [0.25, 0.3) is 0 Å². The van der Waals surface area contributed by atoms with Gasteiger partial charge in [0.2, 0.25) is 0 Å². The number of carbonyl (C=O) groups excluding carboxylic acids is 1. The maximum atomic E-state index is 12.8. The first-order valence-corrected chi connectivity index (χ1v) is 9.99.